The second-order valence-corrected chi connectivity index (χ2v) is 6.43. The van der Waals surface area contributed by atoms with Gasteiger partial charge in [-0.1, -0.05) is 0 Å². The maximum atomic E-state index is 13.6. The van der Waals surface area contributed by atoms with Crippen molar-refractivity contribution in [2.75, 3.05) is 35.5 Å². The van der Waals surface area contributed by atoms with Crippen molar-refractivity contribution in [2.24, 2.45) is 0 Å². The van der Waals surface area contributed by atoms with Gasteiger partial charge in [-0.25, -0.2) is 4.79 Å². The summed E-state index contributed by atoms with van der Waals surface area (Å²) in [6, 6.07) is 6.09. The second-order valence-electron chi connectivity index (χ2n) is 6.43. The van der Waals surface area contributed by atoms with Gasteiger partial charge in [0.1, 0.15) is 5.76 Å². The van der Waals surface area contributed by atoms with Gasteiger partial charge >= 0.3 is 5.97 Å². The first-order valence-corrected chi connectivity index (χ1v) is 9.33. The van der Waals surface area contributed by atoms with Crippen LogP contribution in [0.4, 0.5) is 0 Å². The highest BCUT2D eigenvalue weighted by Crippen LogP contribution is 2.42. The van der Waals surface area contributed by atoms with Crippen LogP contribution in [0, 0.1) is 0 Å². The number of phenols is 1. The van der Waals surface area contributed by atoms with E-state index < -0.39 is 11.8 Å². The molecule has 9 heteroatoms. The smallest absolute Gasteiger partial charge is 0.330 e. The molecule has 3 rings (SSSR count). The number of rotatable bonds is 8. The number of aromatic hydroxyl groups is 1. The van der Waals surface area contributed by atoms with Crippen LogP contribution >= 0.6 is 0 Å². The molecule has 0 bridgehead atoms. The lowest BCUT2D eigenvalue weighted by molar-refractivity contribution is -0.134. The largest absolute Gasteiger partial charge is 0.502 e. The molecule has 0 unspecified atom stereocenters. The maximum Gasteiger partial charge on any atom is 0.330 e. The summed E-state index contributed by atoms with van der Waals surface area (Å²) >= 11 is 0. The van der Waals surface area contributed by atoms with E-state index in [2.05, 4.69) is 4.74 Å². The Morgan fingerprint density at radius 1 is 0.906 bits per heavy atom. The summed E-state index contributed by atoms with van der Waals surface area (Å²) in [7, 11) is 6.95. The lowest BCUT2D eigenvalue weighted by Crippen LogP contribution is -2.05. The lowest BCUT2D eigenvalue weighted by atomic mass is 9.98. The Bertz CT molecular complexity index is 1180. The summed E-state index contributed by atoms with van der Waals surface area (Å²) in [6.07, 6.45) is 2.40. The van der Waals surface area contributed by atoms with Crippen molar-refractivity contribution in [2.45, 2.75) is 0 Å². The van der Waals surface area contributed by atoms with Gasteiger partial charge in [-0.05, 0) is 30.3 Å². The van der Waals surface area contributed by atoms with Gasteiger partial charge in [0.05, 0.1) is 41.1 Å². The standard InChI is InChI=1S/C23H22O9/c1-27-15-7-6-13-19(14(8-9-18(24)30-4)32-22(13)21(15)26)20(25)12-10-16(28-2)23(31-5)17(11-12)29-3/h6-11,26H,1-5H3/b9-8+. The minimum absolute atomic E-state index is 0.0321. The summed E-state index contributed by atoms with van der Waals surface area (Å²) in [5.74, 6) is -0.249. The van der Waals surface area contributed by atoms with Gasteiger partial charge in [0.15, 0.2) is 28.6 Å². The molecule has 9 nitrogen and oxygen atoms in total. The first-order valence-electron chi connectivity index (χ1n) is 9.33. The van der Waals surface area contributed by atoms with E-state index in [-0.39, 0.29) is 34.0 Å². The molecule has 3 aromatic rings. The number of ketones is 1. The fraction of sp³-hybridized carbons (Fsp3) is 0.217. The Morgan fingerprint density at radius 2 is 1.53 bits per heavy atom. The highest BCUT2D eigenvalue weighted by molar-refractivity contribution is 6.19. The first-order chi connectivity index (χ1) is 15.4. The molecule has 0 aliphatic carbocycles. The Hall–Kier alpha value is -4.14. The number of esters is 1. The van der Waals surface area contributed by atoms with Gasteiger partial charge in [0.2, 0.25) is 11.5 Å². The summed E-state index contributed by atoms with van der Waals surface area (Å²) < 4.78 is 31.4. The van der Waals surface area contributed by atoms with E-state index in [1.165, 1.54) is 59.8 Å². The number of carbonyl (C=O) groups excluding carboxylic acids is 2. The van der Waals surface area contributed by atoms with Crippen LogP contribution in [0.3, 0.4) is 0 Å². The summed E-state index contributed by atoms with van der Waals surface area (Å²) in [4.78, 5) is 25.2. The minimum atomic E-state index is -0.640. The van der Waals surface area contributed by atoms with Crippen molar-refractivity contribution in [3.05, 3.63) is 47.2 Å². The third kappa shape index (κ3) is 3.92. The molecule has 32 heavy (non-hydrogen) atoms. The van der Waals surface area contributed by atoms with Crippen molar-refractivity contribution >= 4 is 28.8 Å². The molecular weight excluding hydrogens is 420 g/mol. The van der Waals surface area contributed by atoms with Crippen molar-refractivity contribution in [1.29, 1.82) is 0 Å². The summed E-state index contributed by atoms with van der Waals surface area (Å²) in [6.45, 7) is 0. The number of furan rings is 1. The predicted octanol–water partition coefficient (Wildman–Crippen LogP) is 3.59. The quantitative estimate of drug-likeness (QED) is 0.318. The molecule has 0 saturated carbocycles. The monoisotopic (exact) mass is 442 g/mol. The number of ether oxygens (including phenoxy) is 5. The number of phenolic OH excluding ortho intramolecular Hbond substituents is 1. The fourth-order valence-electron chi connectivity index (χ4n) is 3.23. The van der Waals surface area contributed by atoms with E-state index in [0.717, 1.165) is 6.08 Å². The zero-order valence-corrected chi connectivity index (χ0v) is 18.2. The molecule has 0 amide bonds. The van der Waals surface area contributed by atoms with Gasteiger partial charge < -0.3 is 33.2 Å². The van der Waals surface area contributed by atoms with E-state index in [1.54, 1.807) is 6.07 Å². The molecule has 1 heterocycles. The van der Waals surface area contributed by atoms with Crippen LogP contribution in [0.1, 0.15) is 21.7 Å². The van der Waals surface area contributed by atoms with Crippen LogP contribution in [0.25, 0.3) is 17.0 Å². The van der Waals surface area contributed by atoms with Gasteiger partial charge in [0, 0.05) is 17.0 Å². The Balaban J connectivity index is 2.26. The van der Waals surface area contributed by atoms with E-state index in [0.29, 0.717) is 22.6 Å². The number of hydrogen-bond acceptors (Lipinski definition) is 9. The highest BCUT2D eigenvalue weighted by Gasteiger charge is 2.26. The fourth-order valence-corrected chi connectivity index (χ4v) is 3.23. The Labute approximate surface area is 183 Å². The first kappa shape index (κ1) is 22.5. The number of hydrogen-bond donors (Lipinski definition) is 1. The number of methoxy groups -OCH3 is 5. The van der Waals surface area contributed by atoms with Gasteiger partial charge in [0.25, 0.3) is 0 Å². The van der Waals surface area contributed by atoms with Crippen LogP contribution in [0.15, 0.2) is 34.8 Å². The molecule has 0 fully saturated rings. The van der Waals surface area contributed by atoms with Gasteiger partial charge in [-0.3, -0.25) is 4.79 Å². The molecule has 168 valence electrons. The molecule has 0 spiro atoms. The van der Waals surface area contributed by atoms with Crippen molar-refractivity contribution in [3.63, 3.8) is 0 Å². The number of carbonyl (C=O) groups is 2. The van der Waals surface area contributed by atoms with Gasteiger partial charge in [-0.15, -0.1) is 0 Å². The minimum Gasteiger partial charge on any atom is -0.502 e. The third-order valence-electron chi connectivity index (χ3n) is 4.77. The van der Waals surface area contributed by atoms with Crippen LogP contribution in [0.5, 0.6) is 28.7 Å². The van der Waals surface area contributed by atoms with E-state index in [4.69, 9.17) is 23.4 Å². The van der Waals surface area contributed by atoms with Crippen molar-refractivity contribution < 1.29 is 42.8 Å². The van der Waals surface area contributed by atoms with E-state index in [9.17, 15) is 14.7 Å². The van der Waals surface area contributed by atoms with Crippen LogP contribution in [0.2, 0.25) is 0 Å². The normalized spacial score (nSPS) is 10.9. The van der Waals surface area contributed by atoms with Crippen LogP contribution < -0.4 is 18.9 Å². The molecule has 1 N–H and O–H groups in total. The Morgan fingerprint density at radius 3 is 2.06 bits per heavy atom. The average molecular weight is 442 g/mol. The molecule has 0 saturated heterocycles. The Kier molecular flexibility index (Phi) is 6.58. The number of benzene rings is 2. The topological polar surface area (TPSA) is 114 Å². The molecule has 0 atom stereocenters. The SMILES string of the molecule is COC(=O)/C=C/c1oc2c(O)c(OC)ccc2c1C(=O)c1cc(OC)c(OC)c(OC)c1. The van der Waals surface area contributed by atoms with Crippen LogP contribution in [-0.2, 0) is 9.53 Å². The molecule has 0 radical (unpaired) electrons. The zero-order valence-electron chi connectivity index (χ0n) is 18.2. The highest BCUT2D eigenvalue weighted by atomic mass is 16.5. The molecule has 1 aromatic heterocycles. The summed E-state index contributed by atoms with van der Waals surface area (Å²) in [5.41, 5.74) is 0.363. The van der Waals surface area contributed by atoms with E-state index >= 15 is 0 Å². The average Bonchev–Trinajstić information content (AvgIpc) is 3.20. The third-order valence-corrected chi connectivity index (χ3v) is 4.77. The molecule has 2 aromatic carbocycles. The van der Waals surface area contributed by atoms with Gasteiger partial charge in [-0.2, -0.15) is 0 Å². The molecular formula is C23H22O9. The van der Waals surface area contributed by atoms with Crippen LogP contribution in [-0.4, -0.2) is 52.4 Å². The molecule has 0 aliphatic rings. The zero-order chi connectivity index (χ0) is 23.4. The lowest BCUT2D eigenvalue weighted by Gasteiger charge is -2.13. The summed E-state index contributed by atoms with van der Waals surface area (Å²) in [5, 5.41) is 10.8. The van der Waals surface area contributed by atoms with Crippen molar-refractivity contribution in [3.8, 4) is 28.7 Å². The predicted molar refractivity (Wildman–Crippen MR) is 115 cm³/mol. The van der Waals surface area contributed by atoms with E-state index in [1.807, 2.05) is 0 Å². The second kappa shape index (κ2) is 9.34. The van der Waals surface area contributed by atoms with Crippen molar-refractivity contribution in [1.82, 2.24) is 0 Å². The maximum absolute atomic E-state index is 13.6. The molecule has 0 aliphatic heterocycles. The number of fused-ring (bicyclic) bond motifs is 1.